The second-order valence-corrected chi connectivity index (χ2v) is 4.85. The topological polar surface area (TPSA) is 42.0 Å². The van der Waals surface area contributed by atoms with Crippen molar-refractivity contribution < 1.29 is 26.7 Å². The van der Waals surface area contributed by atoms with Crippen molar-refractivity contribution in [2.45, 2.75) is 31.4 Å². The van der Waals surface area contributed by atoms with Gasteiger partial charge in [0.05, 0.1) is 5.69 Å². The first-order valence-electron chi connectivity index (χ1n) is 4.96. The molecule has 0 aliphatic heterocycles. The molecule has 1 aliphatic rings. The Morgan fingerprint density at radius 1 is 1.22 bits per heavy atom. The summed E-state index contributed by atoms with van der Waals surface area (Å²) in [6.07, 6.45) is -3.67. The van der Waals surface area contributed by atoms with Crippen LogP contribution in [0.5, 0.6) is 0 Å². The number of hydrogen-bond donors (Lipinski definition) is 1. The van der Waals surface area contributed by atoms with Crippen molar-refractivity contribution >= 4 is 22.4 Å². The fourth-order valence-corrected chi connectivity index (χ4v) is 2.59. The highest BCUT2D eigenvalue weighted by atomic mass is 32.1. The van der Waals surface area contributed by atoms with E-state index in [4.69, 9.17) is 0 Å². The van der Waals surface area contributed by atoms with Crippen molar-refractivity contribution in [1.29, 1.82) is 0 Å². The lowest BCUT2D eigenvalue weighted by Crippen LogP contribution is -2.47. The van der Waals surface area contributed by atoms with Gasteiger partial charge in [-0.15, -0.1) is 11.3 Å². The lowest BCUT2D eigenvalue weighted by atomic mass is 10.3. The number of fused-ring (bicyclic) bond motifs is 1. The largest absolute Gasteiger partial charge is 0.463 e. The van der Waals surface area contributed by atoms with Gasteiger partial charge in [0, 0.05) is 4.88 Å². The fraction of sp³-hybridized carbons (Fsp3) is 0.556. The summed E-state index contributed by atoms with van der Waals surface area (Å²) in [7, 11) is 0. The van der Waals surface area contributed by atoms with E-state index in [1.54, 1.807) is 0 Å². The number of nitrogens with zero attached hydrogens (tertiary/aromatic N) is 1. The van der Waals surface area contributed by atoms with Crippen molar-refractivity contribution in [2.24, 2.45) is 0 Å². The van der Waals surface area contributed by atoms with E-state index in [2.05, 4.69) is 4.98 Å². The Bertz CT molecular complexity index is 460. The lowest BCUT2D eigenvalue weighted by molar-refractivity contribution is -0.267. The minimum atomic E-state index is -5.91. The first-order valence-corrected chi connectivity index (χ1v) is 5.78. The number of halogens is 5. The van der Waals surface area contributed by atoms with Gasteiger partial charge in [0.1, 0.15) is 0 Å². The summed E-state index contributed by atoms with van der Waals surface area (Å²) in [5.41, 5.74) is 0.658. The number of alkyl halides is 5. The van der Waals surface area contributed by atoms with E-state index in [-0.39, 0.29) is 5.13 Å². The molecular weight excluding hydrogens is 279 g/mol. The molecule has 0 saturated heterocycles. The molecule has 0 spiro atoms. The Hall–Kier alpha value is -1.25. The van der Waals surface area contributed by atoms with Crippen molar-refractivity contribution in [3.63, 3.8) is 0 Å². The van der Waals surface area contributed by atoms with Crippen molar-refractivity contribution in [3.05, 3.63) is 10.6 Å². The molecule has 2 rings (SSSR count). The molecule has 0 aromatic carbocycles. The van der Waals surface area contributed by atoms with Gasteiger partial charge in [-0.3, -0.25) is 10.1 Å². The number of carbonyl (C=O) groups is 1. The zero-order chi connectivity index (χ0) is 13.6. The molecular formula is C9H7F5N2OS. The molecule has 100 valence electrons. The quantitative estimate of drug-likeness (QED) is 0.849. The van der Waals surface area contributed by atoms with Crippen LogP contribution >= 0.6 is 11.3 Å². The number of rotatable bonds is 2. The van der Waals surface area contributed by atoms with Crippen molar-refractivity contribution in [1.82, 2.24) is 4.98 Å². The highest BCUT2D eigenvalue weighted by Crippen LogP contribution is 2.37. The Balaban J connectivity index is 2.12. The maximum absolute atomic E-state index is 12.7. The van der Waals surface area contributed by atoms with Crippen LogP contribution in [0.3, 0.4) is 0 Å². The fourth-order valence-electron chi connectivity index (χ4n) is 1.55. The Kier molecular flexibility index (Phi) is 3.04. The third-order valence-corrected chi connectivity index (χ3v) is 3.53. The highest BCUT2D eigenvalue weighted by molar-refractivity contribution is 7.15. The number of amides is 1. The SMILES string of the molecule is O=C(Nc1nc2c(s1)CCC2)C(F)(F)C(F)(F)F. The molecule has 0 saturated carbocycles. The standard InChI is InChI=1S/C9H7F5N2OS/c10-8(11,9(12,13)14)6(17)16-7-15-4-2-1-3-5(4)18-7/h1-3H2,(H,15,16,17). The van der Waals surface area contributed by atoms with Gasteiger partial charge in [-0.25, -0.2) is 4.98 Å². The molecule has 1 aromatic rings. The molecule has 1 aromatic heterocycles. The summed E-state index contributed by atoms with van der Waals surface area (Å²) in [4.78, 5) is 15.5. The van der Waals surface area contributed by atoms with Crippen LogP contribution in [0.25, 0.3) is 0 Å². The lowest BCUT2D eigenvalue weighted by Gasteiger charge is -2.17. The Morgan fingerprint density at radius 3 is 2.44 bits per heavy atom. The molecule has 1 aliphatic carbocycles. The summed E-state index contributed by atoms with van der Waals surface area (Å²) in [5, 5.41) is 1.30. The third kappa shape index (κ3) is 2.18. The first-order chi connectivity index (χ1) is 8.22. The Labute approximate surface area is 102 Å². The summed E-state index contributed by atoms with van der Waals surface area (Å²) >= 11 is 0.933. The number of anilines is 1. The maximum Gasteiger partial charge on any atom is 0.463 e. The highest BCUT2D eigenvalue weighted by Gasteiger charge is 2.63. The van der Waals surface area contributed by atoms with E-state index >= 15 is 0 Å². The second kappa shape index (κ2) is 4.15. The molecule has 18 heavy (non-hydrogen) atoms. The number of nitrogens with one attached hydrogen (secondary N) is 1. The smallest absolute Gasteiger partial charge is 0.296 e. The normalized spacial score (nSPS) is 15.6. The molecule has 0 atom stereocenters. The van der Waals surface area contributed by atoms with E-state index in [1.165, 1.54) is 5.32 Å². The predicted molar refractivity (Wildman–Crippen MR) is 53.8 cm³/mol. The van der Waals surface area contributed by atoms with Crippen molar-refractivity contribution in [2.75, 3.05) is 5.32 Å². The van der Waals surface area contributed by atoms with Crippen LogP contribution in [0.2, 0.25) is 0 Å². The minimum absolute atomic E-state index is 0.214. The number of aromatic nitrogens is 1. The van der Waals surface area contributed by atoms with Crippen molar-refractivity contribution in [3.8, 4) is 0 Å². The van der Waals surface area contributed by atoms with Crippen LogP contribution in [0.15, 0.2) is 0 Å². The number of aryl methyl sites for hydroxylation is 2. The van der Waals surface area contributed by atoms with Gasteiger partial charge in [0.2, 0.25) is 0 Å². The molecule has 0 fully saturated rings. The molecule has 0 radical (unpaired) electrons. The molecule has 9 heteroatoms. The van der Waals surface area contributed by atoms with Crippen LogP contribution in [0, 0.1) is 0 Å². The van der Waals surface area contributed by atoms with Crippen LogP contribution in [-0.4, -0.2) is 23.0 Å². The van der Waals surface area contributed by atoms with E-state index < -0.39 is 18.0 Å². The van der Waals surface area contributed by atoms with E-state index in [9.17, 15) is 26.7 Å². The summed E-state index contributed by atoms with van der Waals surface area (Å²) in [6, 6.07) is 0. The van der Waals surface area contributed by atoms with Crippen LogP contribution in [0.4, 0.5) is 27.1 Å². The van der Waals surface area contributed by atoms with Gasteiger partial charge in [-0.1, -0.05) is 0 Å². The van der Waals surface area contributed by atoms with Gasteiger partial charge >= 0.3 is 18.0 Å². The van der Waals surface area contributed by atoms with Crippen LogP contribution < -0.4 is 5.32 Å². The van der Waals surface area contributed by atoms with Gasteiger partial charge in [0.15, 0.2) is 5.13 Å². The van der Waals surface area contributed by atoms with Gasteiger partial charge < -0.3 is 0 Å². The third-order valence-electron chi connectivity index (χ3n) is 2.46. The second-order valence-electron chi connectivity index (χ2n) is 3.77. The van der Waals surface area contributed by atoms with E-state index in [0.29, 0.717) is 18.5 Å². The molecule has 3 nitrogen and oxygen atoms in total. The molecule has 1 amide bonds. The molecule has 1 N–H and O–H groups in total. The summed E-state index contributed by atoms with van der Waals surface area (Å²) in [5.74, 6) is -7.81. The molecule has 1 heterocycles. The van der Waals surface area contributed by atoms with E-state index in [1.807, 2.05) is 0 Å². The van der Waals surface area contributed by atoms with Crippen LogP contribution in [-0.2, 0) is 17.6 Å². The van der Waals surface area contributed by atoms with Gasteiger partial charge in [-0.05, 0) is 19.3 Å². The molecule has 0 bridgehead atoms. The molecule has 0 unspecified atom stereocenters. The summed E-state index contributed by atoms with van der Waals surface area (Å²) in [6.45, 7) is 0. The van der Waals surface area contributed by atoms with Crippen LogP contribution in [0.1, 0.15) is 17.0 Å². The first kappa shape index (κ1) is 13.2. The zero-order valence-electron chi connectivity index (χ0n) is 8.77. The summed E-state index contributed by atoms with van der Waals surface area (Å²) < 4.78 is 61.1. The number of hydrogen-bond acceptors (Lipinski definition) is 3. The number of thiazole rings is 1. The van der Waals surface area contributed by atoms with E-state index in [0.717, 1.165) is 22.6 Å². The number of carbonyl (C=O) groups excluding carboxylic acids is 1. The van der Waals surface area contributed by atoms with Gasteiger partial charge in [-0.2, -0.15) is 22.0 Å². The predicted octanol–water partition coefficient (Wildman–Crippen LogP) is 2.77. The van der Waals surface area contributed by atoms with Gasteiger partial charge in [0.25, 0.3) is 0 Å². The zero-order valence-corrected chi connectivity index (χ0v) is 9.59. The average molecular weight is 286 g/mol. The maximum atomic E-state index is 12.7. The Morgan fingerprint density at radius 2 is 1.89 bits per heavy atom. The average Bonchev–Trinajstić information content (AvgIpc) is 2.75. The monoisotopic (exact) mass is 286 g/mol. The minimum Gasteiger partial charge on any atom is -0.296 e.